The van der Waals surface area contributed by atoms with Crippen LogP contribution in [-0.2, 0) is 9.53 Å². The highest BCUT2D eigenvalue weighted by molar-refractivity contribution is 6.03. The maximum Gasteiger partial charge on any atom is 0.341 e. The van der Waals surface area contributed by atoms with E-state index in [0.29, 0.717) is 24.2 Å². The Morgan fingerprint density at radius 1 is 0.931 bits per heavy atom. The number of esters is 1. The maximum atomic E-state index is 12.8. The molecule has 1 aliphatic rings. The van der Waals surface area contributed by atoms with Gasteiger partial charge in [0, 0.05) is 43.4 Å². The summed E-state index contributed by atoms with van der Waals surface area (Å²) in [4.78, 5) is 33.7. The van der Waals surface area contributed by atoms with E-state index in [1.165, 1.54) is 0 Å². The molecule has 0 spiro atoms. The number of para-hydroxylation sites is 2. The number of aromatic nitrogens is 1. The van der Waals surface area contributed by atoms with Gasteiger partial charge < -0.3 is 14.5 Å². The normalized spacial score (nSPS) is 15.2. The summed E-state index contributed by atoms with van der Waals surface area (Å²) in [6.45, 7) is 4.34. The van der Waals surface area contributed by atoms with Crippen LogP contribution in [0.2, 0.25) is 0 Å². The monoisotopic (exact) mass is 389 g/mol. The number of carbonyl (C=O) groups excluding carboxylic acids is 2. The minimum absolute atomic E-state index is 0.167. The van der Waals surface area contributed by atoms with Crippen LogP contribution in [0.15, 0.2) is 66.9 Å². The van der Waals surface area contributed by atoms with E-state index in [1.54, 1.807) is 30.2 Å². The van der Waals surface area contributed by atoms with Gasteiger partial charge >= 0.3 is 5.97 Å². The van der Waals surface area contributed by atoms with Crippen LogP contribution in [0.25, 0.3) is 10.9 Å². The Bertz CT molecular complexity index is 1010. The number of pyridine rings is 1. The first kappa shape index (κ1) is 18.9. The Balaban J connectivity index is 1.38. The second kappa shape index (κ2) is 8.31. The number of rotatable bonds is 4. The summed E-state index contributed by atoms with van der Waals surface area (Å²) >= 11 is 0. The molecule has 0 saturated carbocycles. The number of fused-ring (bicyclic) bond motifs is 1. The van der Waals surface area contributed by atoms with Gasteiger partial charge in [-0.05, 0) is 31.2 Å². The number of carbonyl (C=O) groups is 2. The number of hydrogen-bond donors (Lipinski definition) is 0. The number of anilines is 1. The van der Waals surface area contributed by atoms with Crippen molar-refractivity contribution in [1.82, 2.24) is 9.88 Å². The van der Waals surface area contributed by atoms with Crippen molar-refractivity contribution in [1.29, 1.82) is 0 Å². The summed E-state index contributed by atoms with van der Waals surface area (Å²) in [7, 11) is 0. The van der Waals surface area contributed by atoms with Crippen molar-refractivity contribution in [2.75, 3.05) is 31.1 Å². The van der Waals surface area contributed by atoms with Gasteiger partial charge in [-0.15, -0.1) is 0 Å². The lowest BCUT2D eigenvalue weighted by molar-refractivity contribution is -0.140. The van der Waals surface area contributed by atoms with Gasteiger partial charge in [0.2, 0.25) is 0 Å². The van der Waals surface area contributed by atoms with Crippen LogP contribution in [0.5, 0.6) is 0 Å². The van der Waals surface area contributed by atoms with Crippen molar-refractivity contribution in [2.45, 2.75) is 13.0 Å². The van der Waals surface area contributed by atoms with E-state index in [1.807, 2.05) is 36.4 Å². The average molecular weight is 389 g/mol. The van der Waals surface area contributed by atoms with Gasteiger partial charge in [0.25, 0.3) is 5.91 Å². The molecule has 0 N–H and O–H groups in total. The molecule has 6 heteroatoms. The number of nitrogens with zero attached hydrogens (tertiary/aromatic N) is 3. The van der Waals surface area contributed by atoms with E-state index in [0.717, 1.165) is 24.2 Å². The fourth-order valence-electron chi connectivity index (χ4n) is 3.62. The Kier molecular flexibility index (Phi) is 5.42. The van der Waals surface area contributed by atoms with Crippen LogP contribution < -0.4 is 4.90 Å². The van der Waals surface area contributed by atoms with Gasteiger partial charge in [0.15, 0.2) is 6.10 Å². The third-order valence-electron chi connectivity index (χ3n) is 5.20. The van der Waals surface area contributed by atoms with Crippen LogP contribution in [0.3, 0.4) is 0 Å². The summed E-state index contributed by atoms with van der Waals surface area (Å²) in [5.41, 5.74) is 2.11. The van der Waals surface area contributed by atoms with E-state index in [9.17, 15) is 9.59 Å². The smallest absolute Gasteiger partial charge is 0.341 e. The van der Waals surface area contributed by atoms with E-state index in [-0.39, 0.29) is 5.91 Å². The molecule has 1 aromatic heterocycles. The lowest BCUT2D eigenvalue weighted by atomic mass is 10.1. The minimum Gasteiger partial charge on any atom is -0.449 e. The molecule has 29 heavy (non-hydrogen) atoms. The molecular weight excluding hydrogens is 366 g/mol. The third-order valence-corrected chi connectivity index (χ3v) is 5.20. The molecule has 2 heterocycles. The van der Waals surface area contributed by atoms with E-state index < -0.39 is 12.1 Å². The predicted molar refractivity (Wildman–Crippen MR) is 112 cm³/mol. The van der Waals surface area contributed by atoms with Gasteiger partial charge in [-0.3, -0.25) is 9.78 Å². The molecular formula is C23H23N3O3. The minimum atomic E-state index is -0.843. The Labute approximate surface area is 169 Å². The maximum absolute atomic E-state index is 12.8. The molecule has 0 aliphatic carbocycles. The van der Waals surface area contributed by atoms with Crippen LogP contribution in [0.1, 0.15) is 17.3 Å². The van der Waals surface area contributed by atoms with E-state index >= 15 is 0 Å². The zero-order valence-corrected chi connectivity index (χ0v) is 16.3. The molecule has 1 atom stereocenters. The first-order valence-corrected chi connectivity index (χ1v) is 9.77. The standard InChI is InChI=1S/C23H23N3O3/c1-17(29-23(28)20-11-5-7-18-8-6-12-24-21(18)20)22(27)26-15-13-25(14-16-26)19-9-3-2-4-10-19/h2-12,17H,13-16H2,1H3. The van der Waals surface area contributed by atoms with Gasteiger partial charge in [-0.2, -0.15) is 0 Å². The van der Waals surface area contributed by atoms with Crippen LogP contribution in [0, 0.1) is 0 Å². The molecule has 3 aromatic rings. The van der Waals surface area contributed by atoms with Crippen LogP contribution in [-0.4, -0.2) is 54.0 Å². The summed E-state index contributed by atoms with van der Waals surface area (Å²) in [5.74, 6) is -0.697. The molecule has 0 bridgehead atoms. The molecule has 2 aromatic carbocycles. The van der Waals surface area contributed by atoms with Gasteiger partial charge in [0.1, 0.15) is 0 Å². The highest BCUT2D eigenvalue weighted by atomic mass is 16.5. The van der Waals surface area contributed by atoms with E-state index in [2.05, 4.69) is 22.0 Å². The van der Waals surface area contributed by atoms with Crippen molar-refractivity contribution in [3.63, 3.8) is 0 Å². The molecule has 6 nitrogen and oxygen atoms in total. The van der Waals surface area contributed by atoms with Crippen LogP contribution >= 0.6 is 0 Å². The predicted octanol–water partition coefficient (Wildman–Crippen LogP) is 3.13. The second-order valence-electron chi connectivity index (χ2n) is 7.08. The van der Waals surface area contributed by atoms with Crippen molar-refractivity contribution in [3.05, 3.63) is 72.4 Å². The fourth-order valence-corrected chi connectivity index (χ4v) is 3.62. The number of benzene rings is 2. The van der Waals surface area contributed by atoms with Gasteiger partial charge in [-0.25, -0.2) is 4.79 Å². The average Bonchev–Trinajstić information content (AvgIpc) is 2.78. The largest absolute Gasteiger partial charge is 0.449 e. The molecule has 1 saturated heterocycles. The molecule has 0 radical (unpaired) electrons. The zero-order chi connectivity index (χ0) is 20.2. The Hall–Kier alpha value is -3.41. The molecule has 1 aliphatic heterocycles. The zero-order valence-electron chi connectivity index (χ0n) is 16.3. The summed E-state index contributed by atoms with van der Waals surface area (Å²) in [6, 6.07) is 19.2. The summed E-state index contributed by atoms with van der Waals surface area (Å²) < 4.78 is 5.49. The van der Waals surface area contributed by atoms with Crippen molar-refractivity contribution < 1.29 is 14.3 Å². The highest BCUT2D eigenvalue weighted by Crippen LogP contribution is 2.19. The second-order valence-corrected chi connectivity index (χ2v) is 7.08. The van der Waals surface area contributed by atoms with Gasteiger partial charge in [-0.1, -0.05) is 36.4 Å². The number of amides is 1. The van der Waals surface area contributed by atoms with Crippen molar-refractivity contribution in [2.24, 2.45) is 0 Å². The fraction of sp³-hybridized carbons (Fsp3) is 0.261. The molecule has 148 valence electrons. The van der Waals surface area contributed by atoms with Gasteiger partial charge in [0.05, 0.1) is 11.1 Å². The summed E-state index contributed by atoms with van der Waals surface area (Å²) in [6.07, 6.45) is 0.796. The Morgan fingerprint density at radius 3 is 2.41 bits per heavy atom. The molecule has 1 fully saturated rings. The first-order chi connectivity index (χ1) is 14.1. The molecule has 1 unspecified atom stereocenters. The SMILES string of the molecule is CC(OC(=O)c1cccc2cccnc12)C(=O)N1CCN(c2ccccc2)CC1. The van der Waals surface area contributed by atoms with Crippen molar-refractivity contribution in [3.8, 4) is 0 Å². The topological polar surface area (TPSA) is 62.7 Å². The molecule has 1 amide bonds. The van der Waals surface area contributed by atoms with Crippen molar-refractivity contribution >= 4 is 28.5 Å². The van der Waals surface area contributed by atoms with E-state index in [4.69, 9.17) is 4.74 Å². The van der Waals surface area contributed by atoms with Crippen LogP contribution in [0.4, 0.5) is 5.69 Å². The lowest BCUT2D eigenvalue weighted by Gasteiger charge is -2.37. The first-order valence-electron chi connectivity index (χ1n) is 9.77. The highest BCUT2D eigenvalue weighted by Gasteiger charge is 2.28. The number of ether oxygens (including phenoxy) is 1. The number of hydrogen-bond acceptors (Lipinski definition) is 5. The third kappa shape index (κ3) is 4.06. The lowest BCUT2D eigenvalue weighted by Crippen LogP contribution is -2.51. The quantitative estimate of drug-likeness (QED) is 0.642. The summed E-state index contributed by atoms with van der Waals surface area (Å²) in [5, 5.41) is 0.859. The Morgan fingerprint density at radius 2 is 1.66 bits per heavy atom. The number of piperazine rings is 1. The molecule has 4 rings (SSSR count).